The van der Waals surface area contributed by atoms with Crippen LogP contribution in [0.5, 0.6) is 11.6 Å². The molecule has 2 rings (SSSR count). The predicted molar refractivity (Wildman–Crippen MR) is 72.7 cm³/mol. The number of para-hydroxylation sites is 1. The average Bonchev–Trinajstić information content (AvgIpc) is 2.36. The fourth-order valence-corrected chi connectivity index (χ4v) is 1.60. The second kappa shape index (κ2) is 5.89. The van der Waals surface area contributed by atoms with E-state index in [1.807, 2.05) is 19.1 Å². The van der Waals surface area contributed by atoms with Crippen LogP contribution >= 0.6 is 23.2 Å². The van der Waals surface area contributed by atoms with E-state index in [1.165, 1.54) is 6.20 Å². The van der Waals surface area contributed by atoms with Crippen LogP contribution in [0, 0.1) is 0 Å². The summed E-state index contributed by atoms with van der Waals surface area (Å²) < 4.78 is 5.57. The van der Waals surface area contributed by atoms with Crippen molar-refractivity contribution in [2.45, 2.75) is 6.92 Å². The Kier molecular flexibility index (Phi) is 4.23. The molecule has 6 heteroatoms. The zero-order chi connectivity index (χ0) is 13.0. The molecule has 0 amide bonds. The zero-order valence-electron chi connectivity index (χ0n) is 9.65. The lowest BCUT2D eigenvalue weighted by atomic mass is 10.3. The number of rotatable bonds is 4. The van der Waals surface area contributed by atoms with Crippen molar-refractivity contribution in [1.29, 1.82) is 0 Å². The predicted octanol–water partition coefficient (Wildman–Crippen LogP) is 4.01. The first-order valence-corrected chi connectivity index (χ1v) is 6.15. The summed E-state index contributed by atoms with van der Waals surface area (Å²) in [5, 5.41) is 3.81. The number of nitrogens with one attached hydrogen (secondary N) is 1. The molecule has 94 valence electrons. The quantitative estimate of drug-likeness (QED) is 0.921. The van der Waals surface area contributed by atoms with Crippen LogP contribution < -0.4 is 10.1 Å². The van der Waals surface area contributed by atoms with Gasteiger partial charge in [0.1, 0.15) is 10.8 Å². The van der Waals surface area contributed by atoms with Crippen LogP contribution in [0.3, 0.4) is 0 Å². The van der Waals surface area contributed by atoms with Crippen molar-refractivity contribution in [2.24, 2.45) is 0 Å². The van der Waals surface area contributed by atoms with Gasteiger partial charge in [-0.3, -0.25) is 0 Å². The van der Waals surface area contributed by atoms with Gasteiger partial charge in [0, 0.05) is 6.54 Å². The van der Waals surface area contributed by atoms with E-state index in [0.717, 1.165) is 0 Å². The van der Waals surface area contributed by atoms with Gasteiger partial charge in [0.05, 0.1) is 11.2 Å². The lowest BCUT2D eigenvalue weighted by Crippen LogP contribution is -2.03. The van der Waals surface area contributed by atoms with Gasteiger partial charge in [-0.25, -0.2) is 4.98 Å². The van der Waals surface area contributed by atoms with Gasteiger partial charge in [-0.1, -0.05) is 35.3 Å². The second-order valence-corrected chi connectivity index (χ2v) is 4.22. The molecule has 1 N–H and O–H groups in total. The van der Waals surface area contributed by atoms with Gasteiger partial charge < -0.3 is 10.1 Å². The molecular formula is C12H11Cl2N3O. The third-order valence-corrected chi connectivity index (χ3v) is 2.66. The molecule has 0 aliphatic rings. The largest absolute Gasteiger partial charge is 0.436 e. The number of aromatic nitrogens is 2. The Hall–Kier alpha value is -1.52. The van der Waals surface area contributed by atoms with Gasteiger partial charge in [0.2, 0.25) is 11.8 Å². The monoisotopic (exact) mass is 283 g/mol. The molecule has 0 aliphatic heterocycles. The molecule has 0 aliphatic carbocycles. The summed E-state index contributed by atoms with van der Waals surface area (Å²) in [6.45, 7) is 2.67. The van der Waals surface area contributed by atoms with Gasteiger partial charge >= 0.3 is 0 Å². The van der Waals surface area contributed by atoms with E-state index < -0.39 is 0 Å². The van der Waals surface area contributed by atoms with Crippen molar-refractivity contribution >= 4 is 29.2 Å². The van der Waals surface area contributed by atoms with E-state index in [1.54, 1.807) is 12.1 Å². The number of benzene rings is 1. The van der Waals surface area contributed by atoms with Crippen molar-refractivity contribution in [2.75, 3.05) is 11.9 Å². The molecular weight excluding hydrogens is 273 g/mol. The van der Waals surface area contributed by atoms with Crippen LogP contribution in [0.25, 0.3) is 0 Å². The SMILES string of the molecule is CCNc1ncc(Cl)c(Oc2ccccc2Cl)n1. The summed E-state index contributed by atoms with van der Waals surface area (Å²) in [5.41, 5.74) is 0. The molecule has 1 aromatic carbocycles. The fourth-order valence-electron chi connectivity index (χ4n) is 1.30. The highest BCUT2D eigenvalue weighted by molar-refractivity contribution is 6.32. The van der Waals surface area contributed by atoms with Crippen LogP contribution in [0.1, 0.15) is 6.92 Å². The Balaban J connectivity index is 2.28. The number of halogens is 2. The number of anilines is 1. The third kappa shape index (κ3) is 3.03. The molecule has 0 fully saturated rings. The smallest absolute Gasteiger partial charge is 0.243 e. The van der Waals surface area contributed by atoms with Crippen molar-refractivity contribution in [3.05, 3.63) is 40.5 Å². The maximum Gasteiger partial charge on any atom is 0.243 e. The highest BCUT2D eigenvalue weighted by atomic mass is 35.5. The molecule has 0 saturated heterocycles. The number of nitrogens with zero attached hydrogens (tertiary/aromatic N) is 2. The van der Waals surface area contributed by atoms with Crippen molar-refractivity contribution in [3.8, 4) is 11.6 Å². The molecule has 18 heavy (non-hydrogen) atoms. The van der Waals surface area contributed by atoms with Gasteiger partial charge in [0.15, 0.2) is 0 Å². The first kappa shape index (κ1) is 12.9. The minimum atomic E-state index is 0.274. The minimum Gasteiger partial charge on any atom is -0.436 e. The lowest BCUT2D eigenvalue weighted by molar-refractivity contribution is 0.463. The van der Waals surface area contributed by atoms with E-state index in [0.29, 0.717) is 28.3 Å². The molecule has 0 atom stereocenters. The summed E-state index contributed by atoms with van der Waals surface area (Å²) in [4.78, 5) is 8.19. The van der Waals surface area contributed by atoms with Crippen LogP contribution in [0.4, 0.5) is 5.95 Å². The number of hydrogen-bond donors (Lipinski definition) is 1. The standard InChI is InChI=1S/C12H11Cl2N3O/c1-2-15-12-16-7-9(14)11(17-12)18-10-6-4-3-5-8(10)13/h3-7H,2H2,1H3,(H,15,16,17). The van der Waals surface area contributed by atoms with Crippen LogP contribution in [-0.4, -0.2) is 16.5 Å². The minimum absolute atomic E-state index is 0.274. The summed E-state index contributed by atoms with van der Waals surface area (Å²) >= 11 is 12.0. The van der Waals surface area contributed by atoms with E-state index in [4.69, 9.17) is 27.9 Å². The molecule has 0 spiro atoms. The molecule has 1 heterocycles. The zero-order valence-corrected chi connectivity index (χ0v) is 11.2. The molecule has 2 aromatic rings. The highest BCUT2D eigenvalue weighted by Gasteiger charge is 2.09. The van der Waals surface area contributed by atoms with Crippen molar-refractivity contribution < 1.29 is 4.74 Å². The maximum absolute atomic E-state index is 6.00. The Morgan fingerprint density at radius 2 is 2.00 bits per heavy atom. The van der Waals surface area contributed by atoms with E-state index >= 15 is 0 Å². The average molecular weight is 284 g/mol. The second-order valence-electron chi connectivity index (χ2n) is 3.41. The van der Waals surface area contributed by atoms with Crippen molar-refractivity contribution in [3.63, 3.8) is 0 Å². The highest BCUT2D eigenvalue weighted by Crippen LogP contribution is 2.31. The number of ether oxygens (including phenoxy) is 1. The first-order valence-electron chi connectivity index (χ1n) is 5.39. The van der Waals surface area contributed by atoms with Crippen LogP contribution in [-0.2, 0) is 0 Å². The Morgan fingerprint density at radius 1 is 1.22 bits per heavy atom. The summed E-state index contributed by atoms with van der Waals surface area (Å²) in [5.74, 6) is 1.24. The van der Waals surface area contributed by atoms with Gasteiger partial charge in [-0.2, -0.15) is 4.98 Å². The van der Waals surface area contributed by atoms with E-state index in [-0.39, 0.29) is 5.88 Å². The van der Waals surface area contributed by atoms with Crippen LogP contribution in [0.15, 0.2) is 30.5 Å². The van der Waals surface area contributed by atoms with Gasteiger partial charge in [0.25, 0.3) is 0 Å². The third-order valence-electron chi connectivity index (χ3n) is 2.09. The normalized spacial score (nSPS) is 10.2. The van der Waals surface area contributed by atoms with Crippen molar-refractivity contribution in [1.82, 2.24) is 9.97 Å². The van der Waals surface area contributed by atoms with E-state index in [2.05, 4.69) is 15.3 Å². The molecule has 1 aromatic heterocycles. The Morgan fingerprint density at radius 3 is 2.72 bits per heavy atom. The van der Waals surface area contributed by atoms with Gasteiger partial charge in [-0.05, 0) is 19.1 Å². The first-order chi connectivity index (χ1) is 8.70. The molecule has 0 bridgehead atoms. The van der Waals surface area contributed by atoms with Crippen LogP contribution in [0.2, 0.25) is 10.0 Å². The Labute approximate surface area is 115 Å². The molecule has 4 nitrogen and oxygen atoms in total. The summed E-state index contributed by atoms with van der Waals surface area (Å²) in [6.07, 6.45) is 1.48. The molecule has 0 radical (unpaired) electrons. The Bertz CT molecular complexity index is 549. The fraction of sp³-hybridized carbons (Fsp3) is 0.167. The van der Waals surface area contributed by atoms with Gasteiger partial charge in [-0.15, -0.1) is 0 Å². The summed E-state index contributed by atoms with van der Waals surface area (Å²) in [7, 11) is 0. The topological polar surface area (TPSA) is 47.0 Å². The molecule has 0 saturated carbocycles. The maximum atomic E-state index is 6.00. The number of hydrogen-bond acceptors (Lipinski definition) is 4. The summed E-state index contributed by atoms with van der Waals surface area (Å²) in [6, 6.07) is 7.12. The van der Waals surface area contributed by atoms with E-state index in [9.17, 15) is 0 Å². The molecule has 0 unspecified atom stereocenters. The lowest BCUT2D eigenvalue weighted by Gasteiger charge is -2.09.